The molecule has 0 fully saturated rings. The van der Waals surface area contributed by atoms with Crippen LogP contribution in [-0.2, 0) is 14.3 Å². The highest BCUT2D eigenvalue weighted by molar-refractivity contribution is 6.08. The third-order valence-electron chi connectivity index (χ3n) is 3.78. The zero-order chi connectivity index (χ0) is 17.0. The number of rotatable bonds is 7. The molecule has 0 bridgehead atoms. The molecule has 0 aliphatic carbocycles. The number of phenols is 1. The van der Waals surface area contributed by atoms with E-state index in [0.29, 0.717) is 31.7 Å². The number of aromatic hydroxyl groups is 1. The molecule has 1 aromatic rings. The van der Waals surface area contributed by atoms with E-state index in [9.17, 15) is 19.8 Å². The average molecular weight is 319 g/mol. The lowest BCUT2D eigenvalue weighted by Gasteiger charge is -2.26. The van der Waals surface area contributed by atoms with Crippen LogP contribution < -0.4 is 0 Å². The molecule has 2 N–H and O–H groups in total. The highest BCUT2D eigenvalue weighted by Gasteiger charge is 2.41. The van der Waals surface area contributed by atoms with Crippen molar-refractivity contribution in [3.8, 4) is 5.75 Å². The molecule has 0 saturated carbocycles. The van der Waals surface area contributed by atoms with Crippen molar-refractivity contribution in [2.45, 2.75) is 26.3 Å². The molecule has 0 saturated heterocycles. The number of benzene rings is 1. The molecule has 0 unspecified atom stereocenters. The van der Waals surface area contributed by atoms with Crippen LogP contribution in [0.25, 0.3) is 0 Å². The molecule has 2 rings (SSSR count). The minimum absolute atomic E-state index is 0.0945. The highest BCUT2D eigenvalue weighted by atomic mass is 16.5. The molecule has 1 amide bonds. The van der Waals surface area contributed by atoms with E-state index in [-0.39, 0.29) is 17.1 Å². The lowest BCUT2D eigenvalue weighted by Crippen LogP contribution is -2.32. The molecule has 1 aliphatic heterocycles. The van der Waals surface area contributed by atoms with Crippen molar-refractivity contribution < 1.29 is 24.5 Å². The Bertz CT molecular complexity index is 620. The number of Topliss-reactive ketones (excluding diaryl/α,β-unsaturated/α-hetero) is 1. The minimum Gasteiger partial charge on any atom is -0.508 e. The molecule has 0 radical (unpaired) electrons. The Hall–Kier alpha value is -2.34. The summed E-state index contributed by atoms with van der Waals surface area (Å²) in [5, 5.41) is 19.5. The lowest BCUT2D eigenvalue weighted by atomic mass is 9.96. The summed E-state index contributed by atoms with van der Waals surface area (Å²) in [5.74, 6) is -1.29. The van der Waals surface area contributed by atoms with Crippen molar-refractivity contribution in [2.75, 3.05) is 19.8 Å². The molecule has 124 valence electrons. The molecule has 23 heavy (non-hydrogen) atoms. The van der Waals surface area contributed by atoms with E-state index < -0.39 is 17.7 Å². The van der Waals surface area contributed by atoms with Gasteiger partial charge in [0, 0.05) is 19.8 Å². The molecule has 1 aromatic carbocycles. The Balaban J connectivity index is 2.31. The Morgan fingerprint density at radius 3 is 2.48 bits per heavy atom. The van der Waals surface area contributed by atoms with Crippen LogP contribution in [0.4, 0.5) is 0 Å². The van der Waals surface area contributed by atoms with Crippen LogP contribution in [0.2, 0.25) is 0 Å². The van der Waals surface area contributed by atoms with Crippen molar-refractivity contribution in [2.24, 2.45) is 0 Å². The second kappa shape index (κ2) is 7.28. The average Bonchev–Trinajstić information content (AvgIpc) is 2.77. The molecular weight excluding hydrogens is 298 g/mol. The number of ether oxygens (including phenoxy) is 1. The van der Waals surface area contributed by atoms with Gasteiger partial charge in [0.15, 0.2) is 11.5 Å². The fourth-order valence-electron chi connectivity index (χ4n) is 2.73. The maximum atomic E-state index is 12.3. The molecule has 1 heterocycles. The summed E-state index contributed by atoms with van der Waals surface area (Å²) in [4.78, 5) is 25.7. The Morgan fingerprint density at radius 2 is 1.91 bits per heavy atom. The van der Waals surface area contributed by atoms with Crippen LogP contribution in [0.1, 0.15) is 31.9 Å². The Morgan fingerprint density at radius 1 is 1.26 bits per heavy atom. The number of ketones is 1. The zero-order valence-electron chi connectivity index (χ0n) is 13.3. The number of hydrogen-bond donors (Lipinski definition) is 2. The summed E-state index contributed by atoms with van der Waals surface area (Å²) in [6.07, 6.45) is 0.604. The van der Waals surface area contributed by atoms with Gasteiger partial charge in [-0.05, 0) is 38.0 Å². The first-order valence-corrected chi connectivity index (χ1v) is 7.59. The fraction of sp³-hybridized carbons (Fsp3) is 0.412. The Kier molecular flexibility index (Phi) is 5.39. The van der Waals surface area contributed by atoms with E-state index in [0.717, 1.165) is 0 Å². The second-order valence-electron chi connectivity index (χ2n) is 5.36. The molecule has 0 spiro atoms. The SMILES string of the molecule is CCOCCCN1C(=O)C(O)=C(C(C)=O)[C@@H]1c1ccc(O)cc1. The molecular formula is C17H21NO5. The number of phenolic OH excluding ortho intramolecular Hbond substituents is 1. The first-order chi connectivity index (χ1) is 11.0. The van der Waals surface area contributed by atoms with Crippen molar-refractivity contribution in [3.05, 3.63) is 41.2 Å². The van der Waals surface area contributed by atoms with Gasteiger partial charge in [-0.3, -0.25) is 9.59 Å². The van der Waals surface area contributed by atoms with Crippen molar-refractivity contribution in [1.82, 2.24) is 4.90 Å². The van der Waals surface area contributed by atoms with E-state index in [1.54, 1.807) is 12.1 Å². The van der Waals surface area contributed by atoms with E-state index in [1.165, 1.54) is 24.0 Å². The predicted molar refractivity (Wildman–Crippen MR) is 84.0 cm³/mol. The van der Waals surface area contributed by atoms with Gasteiger partial charge < -0.3 is 19.8 Å². The molecule has 1 atom stereocenters. The summed E-state index contributed by atoms with van der Waals surface area (Å²) in [5.41, 5.74) is 0.763. The van der Waals surface area contributed by atoms with Gasteiger partial charge in [0.2, 0.25) is 0 Å². The van der Waals surface area contributed by atoms with Crippen LogP contribution in [0.5, 0.6) is 5.75 Å². The third kappa shape index (κ3) is 3.53. The maximum absolute atomic E-state index is 12.3. The van der Waals surface area contributed by atoms with Crippen LogP contribution in [-0.4, -0.2) is 46.6 Å². The highest BCUT2D eigenvalue weighted by Crippen LogP contribution is 2.38. The van der Waals surface area contributed by atoms with E-state index in [2.05, 4.69) is 0 Å². The van der Waals surface area contributed by atoms with Crippen LogP contribution >= 0.6 is 0 Å². The first-order valence-electron chi connectivity index (χ1n) is 7.59. The number of carbonyl (C=O) groups is 2. The number of nitrogens with zero attached hydrogens (tertiary/aromatic N) is 1. The summed E-state index contributed by atoms with van der Waals surface area (Å²) >= 11 is 0. The number of amides is 1. The van der Waals surface area contributed by atoms with E-state index >= 15 is 0 Å². The van der Waals surface area contributed by atoms with Gasteiger partial charge in [0.05, 0.1) is 11.6 Å². The predicted octanol–water partition coefficient (Wildman–Crippen LogP) is 2.10. The van der Waals surface area contributed by atoms with Gasteiger partial charge in [-0.25, -0.2) is 0 Å². The number of hydrogen-bond acceptors (Lipinski definition) is 5. The fourth-order valence-corrected chi connectivity index (χ4v) is 2.73. The normalized spacial score (nSPS) is 17.9. The topological polar surface area (TPSA) is 87.1 Å². The van der Waals surface area contributed by atoms with Gasteiger partial charge >= 0.3 is 0 Å². The van der Waals surface area contributed by atoms with Crippen molar-refractivity contribution in [1.29, 1.82) is 0 Å². The van der Waals surface area contributed by atoms with E-state index in [1.807, 2.05) is 6.92 Å². The second-order valence-corrected chi connectivity index (χ2v) is 5.36. The van der Waals surface area contributed by atoms with Gasteiger partial charge in [0.1, 0.15) is 5.75 Å². The van der Waals surface area contributed by atoms with Gasteiger partial charge in [-0.15, -0.1) is 0 Å². The quantitative estimate of drug-likeness (QED) is 0.752. The van der Waals surface area contributed by atoms with Crippen LogP contribution in [0.3, 0.4) is 0 Å². The molecule has 6 nitrogen and oxygen atoms in total. The minimum atomic E-state index is -0.637. The van der Waals surface area contributed by atoms with Gasteiger partial charge in [-0.2, -0.15) is 0 Å². The smallest absolute Gasteiger partial charge is 0.290 e. The largest absolute Gasteiger partial charge is 0.508 e. The zero-order valence-corrected chi connectivity index (χ0v) is 13.3. The molecule has 0 aromatic heterocycles. The summed E-state index contributed by atoms with van der Waals surface area (Å²) in [6.45, 7) is 4.68. The lowest BCUT2D eigenvalue weighted by molar-refractivity contribution is -0.129. The monoisotopic (exact) mass is 319 g/mol. The summed E-state index contributed by atoms with van der Waals surface area (Å²) < 4.78 is 5.27. The van der Waals surface area contributed by atoms with Crippen molar-refractivity contribution >= 4 is 11.7 Å². The first kappa shape index (κ1) is 17.0. The van der Waals surface area contributed by atoms with Crippen molar-refractivity contribution in [3.63, 3.8) is 0 Å². The van der Waals surface area contributed by atoms with Crippen LogP contribution in [0, 0.1) is 0 Å². The summed E-state index contributed by atoms with van der Waals surface area (Å²) in [7, 11) is 0. The number of aliphatic hydroxyl groups excluding tert-OH is 1. The molecule has 1 aliphatic rings. The van der Waals surface area contributed by atoms with Gasteiger partial charge in [0.25, 0.3) is 5.91 Å². The van der Waals surface area contributed by atoms with E-state index in [4.69, 9.17) is 4.74 Å². The van der Waals surface area contributed by atoms with Crippen LogP contribution in [0.15, 0.2) is 35.6 Å². The van der Waals surface area contributed by atoms with Gasteiger partial charge in [-0.1, -0.05) is 12.1 Å². The third-order valence-corrected chi connectivity index (χ3v) is 3.78. The number of carbonyl (C=O) groups excluding carboxylic acids is 2. The standard InChI is InChI=1S/C17H21NO5/c1-3-23-10-4-9-18-15(12-5-7-13(20)8-6-12)14(11(2)19)16(21)17(18)22/h5-8,15,20-21H,3-4,9-10H2,1-2H3/t15-/m0/s1. The number of aliphatic hydroxyl groups is 1. The maximum Gasteiger partial charge on any atom is 0.290 e. The summed E-state index contributed by atoms with van der Waals surface area (Å²) in [6, 6.07) is 5.63. The molecule has 6 heteroatoms. The Labute approximate surface area is 135 Å².